The molecular weight excluding hydrogens is 168 g/mol. The Morgan fingerprint density at radius 2 is 2.08 bits per heavy atom. The second-order valence-corrected chi connectivity index (χ2v) is 3.23. The monoisotopic (exact) mass is 187 g/mol. The van der Waals surface area contributed by atoms with Gasteiger partial charge in [0.25, 0.3) is 0 Å². The molecule has 0 heterocycles. The molecule has 0 fully saturated rings. The first-order valence-corrected chi connectivity index (χ1v) is 4.73. The lowest BCUT2D eigenvalue weighted by molar-refractivity contribution is 0.0298. The maximum absolute atomic E-state index is 11.0. The molecule has 13 heavy (non-hydrogen) atoms. The molecule has 0 amide bonds. The van der Waals surface area contributed by atoms with Gasteiger partial charge in [-0.15, -0.1) is 0 Å². The van der Waals surface area contributed by atoms with E-state index in [-0.39, 0.29) is 6.10 Å². The van der Waals surface area contributed by atoms with Crippen molar-refractivity contribution in [3.63, 3.8) is 0 Å². The fourth-order valence-electron chi connectivity index (χ4n) is 0.582. The fraction of sp³-hybridized carbons (Fsp3) is 0.800. The molecule has 0 rings (SSSR count). The Kier molecular flexibility index (Phi) is 6.37. The Balaban J connectivity index is 3.51. The minimum Gasteiger partial charge on any atom is -0.434 e. The summed E-state index contributed by atoms with van der Waals surface area (Å²) in [6, 6.07) is 0. The van der Waals surface area contributed by atoms with Crippen molar-refractivity contribution < 1.29 is 14.3 Å². The van der Waals surface area contributed by atoms with Crippen molar-refractivity contribution >= 4 is 6.16 Å². The third-order valence-corrected chi connectivity index (χ3v) is 1.93. The number of hydrogen-bond acceptors (Lipinski definition) is 3. The van der Waals surface area contributed by atoms with E-state index in [1.165, 1.54) is 0 Å². The molecule has 0 aliphatic heterocycles. The van der Waals surface area contributed by atoms with Crippen LogP contribution in [0.5, 0.6) is 0 Å². The van der Waals surface area contributed by atoms with E-state index in [2.05, 4.69) is 6.92 Å². The van der Waals surface area contributed by atoms with Crippen LogP contribution in [0.1, 0.15) is 34.1 Å². The molecule has 0 aliphatic rings. The van der Waals surface area contributed by atoms with Gasteiger partial charge in [0, 0.05) is 0 Å². The van der Waals surface area contributed by atoms with Crippen molar-refractivity contribution in [1.29, 1.82) is 0 Å². The maximum atomic E-state index is 11.0. The summed E-state index contributed by atoms with van der Waals surface area (Å²) in [7, 11) is 0. The van der Waals surface area contributed by atoms with Gasteiger partial charge < -0.3 is 9.47 Å². The average molecular weight is 187 g/mol. The molecule has 3 nitrogen and oxygen atoms in total. The molecule has 0 saturated carbocycles. The molecule has 0 aromatic carbocycles. The SMILES string of the molecule is C[CH][C@H](C)OC(=O)OCC(C)CC. The number of carbonyl (C=O) groups excluding carboxylic acids is 1. The smallest absolute Gasteiger partial charge is 0.434 e. The van der Waals surface area contributed by atoms with E-state index >= 15 is 0 Å². The Hall–Kier alpha value is -0.730. The average Bonchev–Trinajstić information content (AvgIpc) is 2.13. The summed E-state index contributed by atoms with van der Waals surface area (Å²) in [5.41, 5.74) is 0. The van der Waals surface area contributed by atoms with E-state index in [0.29, 0.717) is 12.5 Å². The predicted octanol–water partition coefficient (Wildman–Crippen LogP) is 2.80. The summed E-state index contributed by atoms with van der Waals surface area (Å²) < 4.78 is 9.76. The number of ether oxygens (including phenoxy) is 2. The first kappa shape index (κ1) is 12.3. The van der Waals surface area contributed by atoms with Gasteiger partial charge in [-0.05, 0) is 19.3 Å². The van der Waals surface area contributed by atoms with E-state index in [1.54, 1.807) is 13.3 Å². The van der Waals surface area contributed by atoms with Crippen LogP contribution in [0.25, 0.3) is 0 Å². The van der Waals surface area contributed by atoms with Crippen molar-refractivity contribution in [3.05, 3.63) is 6.42 Å². The lowest BCUT2D eigenvalue weighted by atomic mass is 10.1. The normalized spacial score (nSPS) is 14.8. The Morgan fingerprint density at radius 1 is 1.46 bits per heavy atom. The summed E-state index contributed by atoms with van der Waals surface area (Å²) in [5, 5.41) is 0. The van der Waals surface area contributed by atoms with Gasteiger partial charge in [0.15, 0.2) is 0 Å². The standard InChI is InChI=1S/C10H19O3/c1-5-8(3)7-12-10(11)13-9(4)6-2/h6,8-9H,5,7H2,1-4H3/t8?,9-/m0/s1. The highest BCUT2D eigenvalue weighted by molar-refractivity contribution is 5.60. The van der Waals surface area contributed by atoms with Gasteiger partial charge in [-0.2, -0.15) is 0 Å². The highest BCUT2D eigenvalue weighted by Crippen LogP contribution is 2.03. The van der Waals surface area contributed by atoms with Gasteiger partial charge >= 0.3 is 6.16 Å². The van der Waals surface area contributed by atoms with Crippen molar-refractivity contribution in [2.75, 3.05) is 6.61 Å². The number of rotatable bonds is 5. The molecule has 3 heteroatoms. The fourth-order valence-corrected chi connectivity index (χ4v) is 0.582. The molecule has 0 bridgehead atoms. The van der Waals surface area contributed by atoms with Crippen LogP contribution in [0.3, 0.4) is 0 Å². The second-order valence-electron chi connectivity index (χ2n) is 3.23. The third-order valence-electron chi connectivity index (χ3n) is 1.93. The van der Waals surface area contributed by atoms with Crippen LogP contribution in [-0.2, 0) is 9.47 Å². The molecule has 2 atom stereocenters. The number of hydrogen-bond donors (Lipinski definition) is 0. The topological polar surface area (TPSA) is 35.5 Å². The zero-order chi connectivity index (χ0) is 10.3. The summed E-state index contributed by atoms with van der Waals surface area (Å²) in [4.78, 5) is 11.0. The predicted molar refractivity (Wildman–Crippen MR) is 51.3 cm³/mol. The van der Waals surface area contributed by atoms with Crippen LogP contribution in [0.15, 0.2) is 0 Å². The first-order valence-electron chi connectivity index (χ1n) is 4.73. The summed E-state index contributed by atoms with van der Waals surface area (Å²) in [6.45, 7) is 8.16. The molecule has 0 N–H and O–H groups in total. The maximum Gasteiger partial charge on any atom is 0.508 e. The minimum absolute atomic E-state index is 0.176. The lowest BCUT2D eigenvalue weighted by Gasteiger charge is -2.12. The molecule has 77 valence electrons. The van der Waals surface area contributed by atoms with E-state index in [1.807, 2.05) is 13.8 Å². The Bertz CT molecular complexity index is 145. The van der Waals surface area contributed by atoms with Gasteiger partial charge in [-0.1, -0.05) is 27.2 Å². The second kappa shape index (κ2) is 6.75. The molecule has 1 unspecified atom stereocenters. The molecule has 0 aliphatic carbocycles. The Morgan fingerprint density at radius 3 is 2.54 bits per heavy atom. The van der Waals surface area contributed by atoms with Crippen LogP contribution < -0.4 is 0 Å². The molecule has 1 radical (unpaired) electrons. The molecule has 0 aromatic heterocycles. The van der Waals surface area contributed by atoms with Gasteiger partial charge in [-0.3, -0.25) is 0 Å². The summed E-state index contributed by atoms with van der Waals surface area (Å²) in [5.74, 6) is 0.397. The molecule has 0 saturated heterocycles. The van der Waals surface area contributed by atoms with E-state index < -0.39 is 6.16 Å². The Labute approximate surface area is 80.4 Å². The van der Waals surface area contributed by atoms with Gasteiger partial charge in [0.1, 0.15) is 6.10 Å². The van der Waals surface area contributed by atoms with E-state index in [9.17, 15) is 4.79 Å². The van der Waals surface area contributed by atoms with Crippen LogP contribution in [0, 0.1) is 12.3 Å². The zero-order valence-corrected chi connectivity index (χ0v) is 8.87. The van der Waals surface area contributed by atoms with Crippen LogP contribution in [-0.4, -0.2) is 18.9 Å². The molecule has 0 aromatic rings. The quantitative estimate of drug-likeness (QED) is 0.621. The van der Waals surface area contributed by atoms with Crippen LogP contribution in [0.2, 0.25) is 0 Å². The summed E-state index contributed by atoms with van der Waals surface area (Å²) in [6.07, 6.45) is 2.04. The van der Waals surface area contributed by atoms with Crippen LogP contribution >= 0.6 is 0 Å². The van der Waals surface area contributed by atoms with E-state index in [0.717, 1.165) is 6.42 Å². The first-order chi connectivity index (χ1) is 6.10. The lowest BCUT2D eigenvalue weighted by Crippen LogP contribution is -2.18. The number of carbonyl (C=O) groups is 1. The summed E-state index contributed by atoms with van der Waals surface area (Å²) >= 11 is 0. The largest absolute Gasteiger partial charge is 0.508 e. The highest BCUT2D eigenvalue weighted by Gasteiger charge is 2.10. The van der Waals surface area contributed by atoms with Gasteiger partial charge in [-0.25, -0.2) is 4.79 Å². The van der Waals surface area contributed by atoms with E-state index in [4.69, 9.17) is 9.47 Å². The zero-order valence-electron chi connectivity index (χ0n) is 8.87. The van der Waals surface area contributed by atoms with Crippen LogP contribution in [0.4, 0.5) is 4.79 Å². The minimum atomic E-state index is -0.578. The van der Waals surface area contributed by atoms with Crippen molar-refractivity contribution in [1.82, 2.24) is 0 Å². The highest BCUT2D eigenvalue weighted by atomic mass is 16.7. The molecule has 0 spiro atoms. The van der Waals surface area contributed by atoms with Crippen molar-refractivity contribution in [2.24, 2.45) is 5.92 Å². The van der Waals surface area contributed by atoms with Gasteiger partial charge in [0.05, 0.1) is 6.61 Å². The van der Waals surface area contributed by atoms with Crippen molar-refractivity contribution in [2.45, 2.75) is 40.2 Å². The third kappa shape index (κ3) is 6.43. The van der Waals surface area contributed by atoms with Crippen molar-refractivity contribution in [3.8, 4) is 0 Å². The molecular formula is C10H19O3. The van der Waals surface area contributed by atoms with Gasteiger partial charge in [0.2, 0.25) is 0 Å².